The molecule has 42 heavy (non-hydrogen) atoms. The van der Waals surface area contributed by atoms with Gasteiger partial charge >= 0.3 is 0 Å². The van der Waals surface area contributed by atoms with Gasteiger partial charge in [-0.05, 0) is 0 Å². The highest BCUT2D eigenvalue weighted by molar-refractivity contribution is 4.51. The molecule has 3 rings (SSSR count). The first-order valence-corrected chi connectivity index (χ1v) is 6.00. The van der Waals surface area contributed by atoms with Gasteiger partial charge < -0.3 is 0 Å². The van der Waals surface area contributed by atoms with Crippen LogP contribution >= 0.6 is 0 Å². The van der Waals surface area contributed by atoms with Crippen LogP contribution in [0.15, 0.2) is 0 Å². The number of rotatable bonds is 0. The predicted molar refractivity (Wildman–Crippen MR) is 257 cm³/mol. The summed E-state index contributed by atoms with van der Waals surface area (Å²) in [5.41, 5.74) is 0. The van der Waals surface area contributed by atoms with Crippen molar-refractivity contribution >= 4 is 0 Å². The molecule has 3 aliphatic rings. The summed E-state index contributed by atoms with van der Waals surface area (Å²) in [5.74, 6) is 0. The zero-order valence-corrected chi connectivity index (χ0v) is 8.49. The van der Waals surface area contributed by atoms with Gasteiger partial charge in [0.1, 0.15) is 0 Å². The van der Waals surface area contributed by atoms with Crippen LogP contribution in [0.5, 0.6) is 0 Å². The van der Waals surface area contributed by atoms with Gasteiger partial charge in [-0.25, -0.2) is 0 Å². The molecule has 0 spiro atoms. The van der Waals surface area contributed by atoms with Gasteiger partial charge in [0.05, 0.1) is 0 Å². The molecule has 0 bridgehead atoms. The molecule has 0 atom stereocenters. The van der Waals surface area contributed by atoms with E-state index in [-0.39, 0.29) is 223 Å². The summed E-state index contributed by atoms with van der Waals surface area (Å²) < 4.78 is 0. The van der Waals surface area contributed by atoms with E-state index in [1.54, 1.807) is 0 Å². The summed E-state index contributed by atoms with van der Waals surface area (Å²) in [4.78, 5) is 0. The first kappa shape index (κ1) is 490. The molecule has 0 aromatic heterocycles. The topological polar surface area (TPSA) is 0 Å². The average molecular weight is 650 g/mol. The standard InChI is InChI=1S/3C4H8.30CH4/c3*1-2-4-3-1;;;;;;;;;;;;;;;;;;;;;;;;;;;;;;/h3*1-4H2;30*1H4. The summed E-state index contributed by atoms with van der Waals surface area (Å²) in [6.07, 6.45) is 18.0. The van der Waals surface area contributed by atoms with Crippen LogP contribution in [0.4, 0.5) is 0 Å². The van der Waals surface area contributed by atoms with Crippen LogP contribution in [-0.2, 0) is 0 Å². The lowest BCUT2D eigenvalue weighted by atomic mass is 10.0. The van der Waals surface area contributed by atoms with Crippen LogP contribution in [0.1, 0.15) is 300 Å². The van der Waals surface area contributed by atoms with Crippen LogP contribution in [-0.4, -0.2) is 0 Å². The fourth-order valence-electron chi connectivity index (χ4n) is 0.750. The molecule has 0 saturated heterocycles. The molecule has 0 radical (unpaired) electrons. The summed E-state index contributed by atoms with van der Waals surface area (Å²) in [6.45, 7) is 0. The quantitative estimate of drug-likeness (QED) is 0.245. The van der Waals surface area contributed by atoms with Crippen molar-refractivity contribution in [3.8, 4) is 0 Å². The van der Waals surface area contributed by atoms with Gasteiger partial charge in [0, 0.05) is 0 Å². The van der Waals surface area contributed by atoms with E-state index in [4.69, 9.17) is 0 Å². The highest BCUT2D eigenvalue weighted by atomic mass is 14.0. The predicted octanol–water partition coefficient (Wildman–Crippen LogP) is 23.8. The highest BCUT2D eigenvalue weighted by Gasteiger charge is 1.96. The molecule has 312 valence electrons. The van der Waals surface area contributed by atoms with Gasteiger partial charge in [-0.1, -0.05) is 300 Å². The van der Waals surface area contributed by atoms with Crippen LogP contribution in [0, 0.1) is 0 Å². The van der Waals surface area contributed by atoms with Gasteiger partial charge in [0.2, 0.25) is 0 Å². The molecular weight excluding hydrogens is 504 g/mol. The third-order valence-corrected chi connectivity index (χ3v) is 3.00. The first-order valence-electron chi connectivity index (χ1n) is 6.00. The van der Waals surface area contributed by atoms with Crippen molar-refractivity contribution in [1.82, 2.24) is 0 Å². The second kappa shape index (κ2) is 456. The molecule has 0 aliphatic heterocycles. The molecular formula is C42H144. The molecule has 3 saturated carbocycles. The summed E-state index contributed by atoms with van der Waals surface area (Å²) in [7, 11) is 0. The second-order valence-electron chi connectivity index (χ2n) is 4.24. The van der Waals surface area contributed by atoms with E-state index in [1.165, 1.54) is 77.0 Å². The van der Waals surface area contributed by atoms with Crippen LogP contribution in [0.2, 0.25) is 0 Å². The summed E-state index contributed by atoms with van der Waals surface area (Å²) in [6, 6.07) is 0. The fraction of sp³-hybridized carbons (Fsp3) is 1.00. The van der Waals surface area contributed by atoms with E-state index in [0.29, 0.717) is 0 Å². The maximum Gasteiger partial charge on any atom is -0.0533 e. The zero-order valence-electron chi connectivity index (χ0n) is 8.49. The Morgan fingerprint density at radius 2 is 0.0952 bits per heavy atom. The molecule has 0 unspecified atom stereocenters. The van der Waals surface area contributed by atoms with Crippen LogP contribution < -0.4 is 0 Å². The Bertz CT molecular complexity index is 43.0. The fourth-order valence-corrected chi connectivity index (χ4v) is 0.750. The summed E-state index contributed by atoms with van der Waals surface area (Å²) >= 11 is 0. The van der Waals surface area contributed by atoms with Crippen LogP contribution in [0.25, 0.3) is 0 Å². The first-order chi connectivity index (χ1) is 6.00. The molecule has 3 aliphatic carbocycles. The Labute approximate surface area is 299 Å². The number of hydrogen-bond acceptors (Lipinski definition) is 0. The monoisotopic (exact) mass is 649 g/mol. The highest BCUT2D eigenvalue weighted by Crippen LogP contribution is 2.15. The third kappa shape index (κ3) is 422. The van der Waals surface area contributed by atoms with Crippen molar-refractivity contribution in [2.75, 3.05) is 0 Å². The van der Waals surface area contributed by atoms with E-state index < -0.39 is 0 Å². The van der Waals surface area contributed by atoms with Gasteiger partial charge in [-0.3, -0.25) is 0 Å². The molecule has 0 aromatic rings. The summed E-state index contributed by atoms with van der Waals surface area (Å²) in [5, 5.41) is 0. The minimum Gasteiger partial charge on any atom is -0.0776 e. The van der Waals surface area contributed by atoms with Crippen molar-refractivity contribution in [2.45, 2.75) is 300 Å². The van der Waals surface area contributed by atoms with E-state index in [2.05, 4.69) is 0 Å². The van der Waals surface area contributed by atoms with Gasteiger partial charge in [-0.15, -0.1) is 0 Å². The van der Waals surface area contributed by atoms with Crippen molar-refractivity contribution < 1.29 is 0 Å². The lowest BCUT2D eigenvalue weighted by Crippen LogP contribution is -1.85. The van der Waals surface area contributed by atoms with Crippen molar-refractivity contribution in [3.63, 3.8) is 0 Å². The lowest BCUT2D eigenvalue weighted by Gasteiger charge is -2.05. The Balaban J connectivity index is -0.00000000135. The largest absolute Gasteiger partial charge is 0.0776 e. The molecule has 3 fully saturated rings. The maximum absolute atomic E-state index is 1.50. The third-order valence-electron chi connectivity index (χ3n) is 3.00. The van der Waals surface area contributed by atoms with Gasteiger partial charge in [0.25, 0.3) is 0 Å². The molecule has 0 nitrogen and oxygen atoms in total. The van der Waals surface area contributed by atoms with Crippen molar-refractivity contribution in [2.24, 2.45) is 0 Å². The Morgan fingerprint density at radius 1 is 0.0714 bits per heavy atom. The Morgan fingerprint density at radius 3 is 0.0952 bits per heavy atom. The molecule has 0 aromatic carbocycles. The molecule has 0 heterocycles. The maximum atomic E-state index is 1.50. The van der Waals surface area contributed by atoms with Crippen LogP contribution in [0.3, 0.4) is 0 Å². The van der Waals surface area contributed by atoms with Gasteiger partial charge in [0.15, 0.2) is 0 Å². The smallest absolute Gasteiger partial charge is 0.0533 e. The van der Waals surface area contributed by atoms with E-state index >= 15 is 0 Å². The van der Waals surface area contributed by atoms with E-state index in [0.717, 1.165) is 0 Å². The van der Waals surface area contributed by atoms with Gasteiger partial charge in [-0.2, -0.15) is 0 Å². The Hall–Kier alpha value is 0. The Kier molecular flexibility index (Phi) is 5320. The lowest BCUT2D eigenvalue weighted by molar-refractivity contribution is 0.504. The molecule has 0 amide bonds. The van der Waals surface area contributed by atoms with E-state index in [9.17, 15) is 0 Å². The second-order valence-corrected chi connectivity index (χ2v) is 4.24. The SMILES string of the molecule is C.C.C.C.C.C.C.C.C.C.C.C.C.C.C.C.C.C.C.C.C.C.C.C.C.C.C.C.C.C.C1CCC1.C1CCC1.C1CCC1. The zero-order chi connectivity index (χ0) is 8.49. The minimum absolute atomic E-state index is 0. The normalized spacial score (nSPS) is 6.86. The van der Waals surface area contributed by atoms with E-state index in [1.807, 2.05) is 0 Å². The van der Waals surface area contributed by atoms with Crippen molar-refractivity contribution in [1.29, 1.82) is 0 Å². The molecule has 0 N–H and O–H groups in total. The average Bonchev–Trinajstić information content (AvgIpc) is 1.41. The molecule has 0 heteroatoms. The van der Waals surface area contributed by atoms with Crippen molar-refractivity contribution in [3.05, 3.63) is 0 Å². The minimum atomic E-state index is 0. The number of hydrogen-bond donors (Lipinski definition) is 0.